The van der Waals surface area contributed by atoms with E-state index in [0.717, 1.165) is 5.56 Å². The molecule has 1 aromatic carbocycles. The number of benzene rings is 1. The quantitative estimate of drug-likeness (QED) is 0.809. The number of aliphatic carboxylic acids is 1. The van der Waals surface area contributed by atoms with Crippen LogP contribution in [-0.2, 0) is 14.8 Å². The highest BCUT2D eigenvalue weighted by atomic mass is 32.2. The van der Waals surface area contributed by atoms with Crippen molar-refractivity contribution in [2.45, 2.75) is 45.4 Å². The van der Waals surface area contributed by atoms with Gasteiger partial charge in [0.05, 0.1) is 10.8 Å². The largest absolute Gasteiger partial charge is 0.481 e. The predicted molar refractivity (Wildman–Crippen MR) is 81.9 cm³/mol. The maximum Gasteiger partial charge on any atom is 0.307 e. The molecule has 0 spiro atoms. The van der Waals surface area contributed by atoms with Crippen LogP contribution in [0.25, 0.3) is 0 Å². The molecular weight excluding hydrogens is 290 g/mol. The second-order valence-corrected chi connectivity index (χ2v) is 7.11. The van der Waals surface area contributed by atoms with Gasteiger partial charge in [-0.3, -0.25) is 4.79 Å². The van der Waals surface area contributed by atoms with Crippen molar-refractivity contribution in [2.24, 2.45) is 5.92 Å². The third-order valence-corrected chi connectivity index (χ3v) is 5.11. The molecule has 2 N–H and O–H groups in total. The first-order chi connectivity index (χ1) is 9.69. The molecule has 1 unspecified atom stereocenters. The molecule has 1 atom stereocenters. The van der Waals surface area contributed by atoms with Gasteiger partial charge in [-0.05, 0) is 38.3 Å². The fraction of sp³-hybridized carbons (Fsp3) is 0.533. The van der Waals surface area contributed by atoms with E-state index in [1.807, 2.05) is 26.0 Å². The Balaban J connectivity index is 3.00. The summed E-state index contributed by atoms with van der Waals surface area (Å²) in [6.45, 7) is 7.19. The van der Waals surface area contributed by atoms with Crippen LogP contribution in [0.5, 0.6) is 0 Å². The first-order valence-corrected chi connectivity index (χ1v) is 8.47. The van der Waals surface area contributed by atoms with Gasteiger partial charge in [0.2, 0.25) is 10.0 Å². The summed E-state index contributed by atoms with van der Waals surface area (Å²) in [7, 11) is -3.70. The van der Waals surface area contributed by atoms with Crippen molar-refractivity contribution in [3.05, 3.63) is 28.8 Å². The zero-order valence-corrected chi connectivity index (χ0v) is 13.8. The van der Waals surface area contributed by atoms with Crippen LogP contribution in [0.4, 0.5) is 0 Å². The molecule has 0 aliphatic heterocycles. The van der Waals surface area contributed by atoms with E-state index in [1.54, 1.807) is 13.8 Å². The molecule has 21 heavy (non-hydrogen) atoms. The fourth-order valence-electron chi connectivity index (χ4n) is 2.53. The Labute approximate surface area is 126 Å². The molecule has 1 aromatic rings. The Morgan fingerprint density at radius 2 is 1.76 bits per heavy atom. The predicted octanol–water partition coefficient (Wildman–Crippen LogP) is 2.39. The standard InChI is InChI=1S/C15H23NO4S/c1-5-6-13(15(17)18)9-16-21(19,20)14-11(3)7-10(2)8-12(14)4/h7-8,13,16H,5-6,9H2,1-4H3,(H,17,18). The van der Waals surface area contributed by atoms with Gasteiger partial charge in [-0.1, -0.05) is 31.0 Å². The number of hydrogen-bond donors (Lipinski definition) is 2. The fourth-order valence-corrected chi connectivity index (χ4v) is 4.06. The van der Waals surface area contributed by atoms with Crippen molar-refractivity contribution in [3.63, 3.8) is 0 Å². The second kappa shape index (κ2) is 7.04. The van der Waals surface area contributed by atoms with Gasteiger partial charge < -0.3 is 5.11 Å². The van der Waals surface area contributed by atoms with Crippen LogP contribution in [0.15, 0.2) is 17.0 Å². The Morgan fingerprint density at radius 3 is 2.19 bits per heavy atom. The van der Waals surface area contributed by atoms with Crippen LogP contribution in [0.2, 0.25) is 0 Å². The Kier molecular flexibility index (Phi) is 5.92. The van der Waals surface area contributed by atoms with E-state index in [0.29, 0.717) is 24.0 Å². The highest BCUT2D eigenvalue weighted by Crippen LogP contribution is 2.21. The first kappa shape index (κ1) is 17.7. The van der Waals surface area contributed by atoms with Crippen molar-refractivity contribution in [3.8, 4) is 0 Å². The number of hydrogen-bond acceptors (Lipinski definition) is 3. The molecular formula is C15H23NO4S. The maximum atomic E-state index is 12.4. The normalized spacial score (nSPS) is 13.1. The van der Waals surface area contributed by atoms with E-state index in [1.165, 1.54) is 0 Å². The number of carbonyl (C=O) groups is 1. The summed E-state index contributed by atoms with van der Waals surface area (Å²) in [5.41, 5.74) is 2.34. The molecule has 0 heterocycles. The minimum atomic E-state index is -3.70. The molecule has 5 nitrogen and oxygen atoms in total. The molecule has 1 rings (SSSR count). The Morgan fingerprint density at radius 1 is 1.24 bits per heavy atom. The maximum absolute atomic E-state index is 12.4. The second-order valence-electron chi connectivity index (χ2n) is 5.40. The third kappa shape index (κ3) is 4.54. The molecule has 0 fully saturated rings. The molecule has 0 aromatic heterocycles. The Hall–Kier alpha value is -1.40. The molecule has 0 aliphatic rings. The summed E-state index contributed by atoms with van der Waals surface area (Å²) in [5, 5.41) is 9.08. The number of sulfonamides is 1. The molecule has 6 heteroatoms. The minimum Gasteiger partial charge on any atom is -0.481 e. The van der Waals surface area contributed by atoms with Gasteiger partial charge in [0.1, 0.15) is 0 Å². The zero-order valence-electron chi connectivity index (χ0n) is 12.9. The Bertz CT molecular complexity index is 600. The molecule has 0 bridgehead atoms. The van der Waals surface area contributed by atoms with Crippen molar-refractivity contribution >= 4 is 16.0 Å². The summed E-state index contributed by atoms with van der Waals surface area (Å²) in [4.78, 5) is 11.3. The van der Waals surface area contributed by atoms with Crippen molar-refractivity contribution in [1.29, 1.82) is 0 Å². The van der Waals surface area contributed by atoms with Crippen molar-refractivity contribution < 1.29 is 18.3 Å². The monoisotopic (exact) mass is 313 g/mol. The smallest absolute Gasteiger partial charge is 0.307 e. The summed E-state index contributed by atoms with van der Waals surface area (Å²) < 4.78 is 27.3. The topological polar surface area (TPSA) is 83.5 Å². The zero-order chi connectivity index (χ0) is 16.2. The molecule has 118 valence electrons. The lowest BCUT2D eigenvalue weighted by Crippen LogP contribution is -2.33. The van der Waals surface area contributed by atoms with Crippen LogP contribution in [0.1, 0.15) is 36.5 Å². The van der Waals surface area contributed by atoms with Crippen LogP contribution in [0, 0.1) is 26.7 Å². The lowest BCUT2D eigenvalue weighted by atomic mass is 10.1. The molecule has 0 radical (unpaired) electrons. The van der Waals surface area contributed by atoms with E-state index in [-0.39, 0.29) is 11.4 Å². The highest BCUT2D eigenvalue weighted by molar-refractivity contribution is 7.89. The molecule has 0 saturated heterocycles. The van der Waals surface area contributed by atoms with Gasteiger partial charge in [-0.25, -0.2) is 13.1 Å². The van der Waals surface area contributed by atoms with E-state index in [2.05, 4.69) is 4.72 Å². The molecule has 0 amide bonds. The van der Waals surface area contributed by atoms with E-state index in [4.69, 9.17) is 5.11 Å². The SMILES string of the molecule is CCCC(CNS(=O)(=O)c1c(C)cc(C)cc1C)C(=O)O. The third-order valence-electron chi connectivity index (χ3n) is 3.38. The number of carboxylic acids is 1. The number of rotatable bonds is 7. The number of nitrogens with one attached hydrogen (secondary N) is 1. The first-order valence-electron chi connectivity index (χ1n) is 6.99. The van der Waals surface area contributed by atoms with Gasteiger partial charge in [-0.2, -0.15) is 0 Å². The highest BCUT2D eigenvalue weighted by Gasteiger charge is 2.23. The van der Waals surface area contributed by atoms with Crippen molar-refractivity contribution in [1.82, 2.24) is 4.72 Å². The van der Waals surface area contributed by atoms with Crippen LogP contribution < -0.4 is 4.72 Å². The van der Waals surface area contributed by atoms with E-state index in [9.17, 15) is 13.2 Å². The van der Waals surface area contributed by atoms with Crippen LogP contribution in [0.3, 0.4) is 0 Å². The van der Waals surface area contributed by atoms with Gasteiger partial charge in [-0.15, -0.1) is 0 Å². The molecule has 0 aliphatic carbocycles. The van der Waals surface area contributed by atoms with Crippen LogP contribution >= 0.6 is 0 Å². The van der Waals surface area contributed by atoms with Gasteiger partial charge in [0, 0.05) is 6.54 Å². The number of carboxylic acid groups (broad SMARTS) is 1. The summed E-state index contributed by atoms with van der Waals surface area (Å²) in [6.07, 6.45) is 1.14. The van der Waals surface area contributed by atoms with Gasteiger partial charge >= 0.3 is 5.97 Å². The van der Waals surface area contributed by atoms with Crippen LogP contribution in [-0.4, -0.2) is 26.0 Å². The average molecular weight is 313 g/mol. The summed E-state index contributed by atoms with van der Waals surface area (Å²) >= 11 is 0. The lowest BCUT2D eigenvalue weighted by molar-refractivity contribution is -0.141. The average Bonchev–Trinajstić information content (AvgIpc) is 2.32. The van der Waals surface area contributed by atoms with Gasteiger partial charge in [0.15, 0.2) is 0 Å². The number of aryl methyl sites for hydroxylation is 3. The summed E-state index contributed by atoms with van der Waals surface area (Å²) in [5.74, 6) is -1.67. The van der Waals surface area contributed by atoms with E-state index < -0.39 is 21.9 Å². The van der Waals surface area contributed by atoms with E-state index >= 15 is 0 Å². The summed E-state index contributed by atoms with van der Waals surface area (Å²) in [6, 6.07) is 3.62. The van der Waals surface area contributed by atoms with Gasteiger partial charge in [0.25, 0.3) is 0 Å². The molecule has 0 saturated carbocycles. The van der Waals surface area contributed by atoms with Crippen molar-refractivity contribution in [2.75, 3.05) is 6.54 Å². The minimum absolute atomic E-state index is 0.0851. The lowest BCUT2D eigenvalue weighted by Gasteiger charge is -2.16.